The first-order valence-electron chi connectivity index (χ1n) is 4.01. The Labute approximate surface area is 73.8 Å². The van der Waals surface area contributed by atoms with Gasteiger partial charge < -0.3 is 4.74 Å². The molecule has 3 nitrogen and oxygen atoms in total. The molecule has 0 heterocycles. The van der Waals surface area contributed by atoms with Gasteiger partial charge in [0.1, 0.15) is 12.1 Å². The van der Waals surface area contributed by atoms with Gasteiger partial charge >= 0.3 is 5.97 Å². The molecule has 3 heteroatoms. The van der Waals surface area contributed by atoms with Gasteiger partial charge in [0.15, 0.2) is 0 Å². The number of carbonyl (C=O) groups excluding carboxylic acids is 1. The summed E-state index contributed by atoms with van der Waals surface area (Å²) in [6.45, 7) is 9.35. The second-order valence-electron chi connectivity index (χ2n) is 3.85. The maximum atomic E-state index is 11.0. The fraction of sp³-hybridized carbons (Fsp3) is 0.778. The largest absolute Gasteiger partial charge is 0.459 e. The third-order valence-electron chi connectivity index (χ3n) is 0.944. The molecule has 0 aromatic heterocycles. The average molecular weight is 171 g/mol. The summed E-state index contributed by atoms with van der Waals surface area (Å²) in [5.74, 6) is -0.274. The van der Waals surface area contributed by atoms with Crippen molar-refractivity contribution in [3.63, 3.8) is 0 Å². The summed E-state index contributed by atoms with van der Waals surface area (Å²) >= 11 is 0. The van der Waals surface area contributed by atoms with Crippen LogP contribution in [0.4, 0.5) is 0 Å². The van der Waals surface area contributed by atoms with E-state index < -0.39 is 5.60 Å². The monoisotopic (exact) mass is 171 g/mol. The summed E-state index contributed by atoms with van der Waals surface area (Å²) < 4.78 is 5.04. The first-order valence-corrected chi connectivity index (χ1v) is 4.01. The Balaban J connectivity index is 3.84. The molecule has 0 atom stereocenters. The fourth-order valence-electron chi connectivity index (χ4n) is 0.596. The van der Waals surface area contributed by atoms with E-state index in [1.165, 1.54) is 0 Å². The van der Waals surface area contributed by atoms with Crippen molar-refractivity contribution in [3.8, 4) is 0 Å². The van der Waals surface area contributed by atoms with Gasteiger partial charge in [-0.2, -0.15) is 0 Å². The molecule has 0 fully saturated rings. The molecule has 0 saturated heterocycles. The van der Waals surface area contributed by atoms with Crippen molar-refractivity contribution in [2.75, 3.05) is 6.54 Å². The molecule has 0 spiro atoms. The summed E-state index contributed by atoms with van der Waals surface area (Å²) in [5, 5.41) is 0. The van der Waals surface area contributed by atoms with Crippen molar-refractivity contribution in [2.24, 2.45) is 4.99 Å². The Morgan fingerprint density at radius 1 is 1.33 bits per heavy atom. The van der Waals surface area contributed by atoms with Crippen LogP contribution in [0.15, 0.2) is 4.99 Å². The van der Waals surface area contributed by atoms with Gasteiger partial charge in [-0.25, -0.2) is 0 Å². The molecule has 70 valence electrons. The number of aliphatic imine (C=N–C) groups is 1. The molecular weight excluding hydrogens is 154 g/mol. The summed E-state index contributed by atoms with van der Waals surface area (Å²) in [5.41, 5.74) is 0.481. The summed E-state index contributed by atoms with van der Waals surface area (Å²) in [6.07, 6.45) is 0. The zero-order valence-corrected chi connectivity index (χ0v) is 8.47. The number of ether oxygens (including phenoxy) is 1. The van der Waals surface area contributed by atoms with Crippen LogP contribution < -0.4 is 0 Å². The SMILES string of the molecule is CC(C)=NCC(=O)OC(C)(C)C. The number of nitrogens with zero attached hydrogens (tertiary/aromatic N) is 1. The van der Waals surface area contributed by atoms with Gasteiger partial charge in [-0.05, 0) is 34.6 Å². The minimum Gasteiger partial charge on any atom is -0.459 e. The van der Waals surface area contributed by atoms with Gasteiger partial charge in [0, 0.05) is 5.71 Å². The maximum Gasteiger partial charge on any atom is 0.328 e. The normalized spacial score (nSPS) is 10.8. The van der Waals surface area contributed by atoms with E-state index in [0.29, 0.717) is 0 Å². The van der Waals surface area contributed by atoms with Crippen molar-refractivity contribution in [1.82, 2.24) is 0 Å². The van der Waals surface area contributed by atoms with Gasteiger partial charge in [0.25, 0.3) is 0 Å². The predicted molar refractivity (Wildman–Crippen MR) is 49.5 cm³/mol. The number of rotatable bonds is 2. The Kier molecular flexibility index (Phi) is 3.93. The number of hydrogen-bond donors (Lipinski definition) is 0. The van der Waals surface area contributed by atoms with E-state index >= 15 is 0 Å². The van der Waals surface area contributed by atoms with Gasteiger partial charge in [0.2, 0.25) is 0 Å². The lowest BCUT2D eigenvalue weighted by Crippen LogP contribution is -2.25. The lowest BCUT2D eigenvalue weighted by molar-refractivity contribution is -0.152. The molecule has 0 radical (unpaired) electrons. The average Bonchev–Trinajstić information content (AvgIpc) is 1.79. The second-order valence-corrected chi connectivity index (χ2v) is 3.85. The predicted octanol–water partition coefficient (Wildman–Crippen LogP) is 1.81. The smallest absolute Gasteiger partial charge is 0.328 e. The molecule has 0 aromatic carbocycles. The van der Waals surface area contributed by atoms with E-state index in [0.717, 1.165) is 5.71 Å². The highest BCUT2D eigenvalue weighted by molar-refractivity contribution is 5.82. The van der Waals surface area contributed by atoms with Crippen molar-refractivity contribution in [3.05, 3.63) is 0 Å². The van der Waals surface area contributed by atoms with Crippen LogP contribution in [0.25, 0.3) is 0 Å². The number of hydrogen-bond acceptors (Lipinski definition) is 3. The standard InChI is InChI=1S/C9H17NO2/c1-7(2)10-6-8(11)12-9(3,4)5/h6H2,1-5H3. The summed E-state index contributed by atoms with van der Waals surface area (Å²) in [4.78, 5) is 15.0. The first kappa shape index (κ1) is 11.1. The minimum atomic E-state index is -0.408. The maximum absolute atomic E-state index is 11.0. The number of esters is 1. The van der Waals surface area contributed by atoms with Crippen LogP contribution in [-0.2, 0) is 9.53 Å². The molecule has 0 saturated carbocycles. The van der Waals surface area contributed by atoms with Crippen LogP contribution in [0.2, 0.25) is 0 Å². The van der Waals surface area contributed by atoms with E-state index in [4.69, 9.17) is 4.74 Å². The molecule has 0 aliphatic carbocycles. The summed E-state index contributed by atoms with van der Waals surface area (Å²) in [7, 11) is 0. The Bertz CT molecular complexity index is 185. The molecule has 0 aliphatic rings. The quantitative estimate of drug-likeness (QED) is 0.469. The molecular formula is C9H17NO2. The van der Waals surface area contributed by atoms with E-state index in [2.05, 4.69) is 4.99 Å². The van der Waals surface area contributed by atoms with E-state index in [-0.39, 0.29) is 12.5 Å². The molecule has 12 heavy (non-hydrogen) atoms. The van der Waals surface area contributed by atoms with Crippen molar-refractivity contribution < 1.29 is 9.53 Å². The van der Waals surface area contributed by atoms with E-state index in [1.807, 2.05) is 34.6 Å². The molecule has 0 unspecified atom stereocenters. The molecule has 0 aliphatic heterocycles. The Morgan fingerprint density at radius 2 is 1.83 bits per heavy atom. The molecule has 0 N–H and O–H groups in total. The summed E-state index contributed by atoms with van der Waals surface area (Å²) in [6, 6.07) is 0. The van der Waals surface area contributed by atoms with Crippen LogP contribution >= 0.6 is 0 Å². The van der Waals surface area contributed by atoms with Crippen LogP contribution in [0, 0.1) is 0 Å². The second kappa shape index (κ2) is 4.24. The highest BCUT2D eigenvalue weighted by Gasteiger charge is 2.15. The van der Waals surface area contributed by atoms with Crippen LogP contribution in [0.3, 0.4) is 0 Å². The third kappa shape index (κ3) is 7.25. The van der Waals surface area contributed by atoms with Crippen LogP contribution in [0.1, 0.15) is 34.6 Å². The minimum absolute atomic E-state index is 0.125. The lowest BCUT2D eigenvalue weighted by Gasteiger charge is -2.18. The third-order valence-corrected chi connectivity index (χ3v) is 0.944. The highest BCUT2D eigenvalue weighted by atomic mass is 16.6. The van der Waals surface area contributed by atoms with Crippen LogP contribution in [0.5, 0.6) is 0 Å². The first-order chi connectivity index (χ1) is 5.31. The van der Waals surface area contributed by atoms with Gasteiger partial charge in [-0.3, -0.25) is 9.79 Å². The number of carbonyl (C=O) groups is 1. The van der Waals surface area contributed by atoms with E-state index in [9.17, 15) is 4.79 Å². The van der Waals surface area contributed by atoms with Gasteiger partial charge in [0.05, 0.1) is 0 Å². The highest BCUT2D eigenvalue weighted by Crippen LogP contribution is 2.06. The topological polar surface area (TPSA) is 38.7 Å². The fourth-order valence-corrected chi connectivity index (χ4v) is 0.596. The molecule has 0 bridgehead atoms. The molecule has 0 aromatic rings. The Hall–Kier alpha value is -0.860. The van der Waals surface area contributed by atoms with Gasteiger partial charge in [-0.15, -0.1) is 0 Å². The van der Waals surface area contributed by atoms with Crippen LogP contribution in [-0.4, -0.2) is 23.8 Å². The van der Waals surface area contributed by atoms with E-state index in [1.54, 1.807) is 0 Å². The van der Waals surface area contributed by atoms with Gasteiger partial charge in [-0.1, -0.05) is 0 Å². The Morgan fingerprint density at radius 3 is 2.17 bits per heavy atom. The molecule has 0 rings (SSSR count). The van der Waals surface area contributed by atoms with Crippen molar-refractivity contribution >= 4 is 11.7 Å². The van der Waals surface area contributed by atoms with Crippen molar-refractivity contribution in [1.29, 1.82) is 0 Å². The zero-order valence-electron chi connectivity index (χ0n) is 8.47. The zero-order chi connectivity index (χ0) is 9.78. The lowest BCUT2D eigenvalue weighted by atomic mass is 10.2. The van der Waals surface area contributed by atoms with Crippen molar-refractivity contribution in [2.45, 2.75) is 40.2 Å². The molecule has 0 amide bonds.